The summed E-state index contributed by atoms with van der Waals surface area (Å²) in [5.41, 5.74) is 0. The molecule has 0 saturated heterocycles. The van der Waals surface area contributed by atoms with E-state index in [2.05, 4.69) is 21.2 Å². The number of amides is 1. The van der Waals surface area contributed by atoms with E-state index in [0.29, 0.717) is 17.9 Å². The Hall–Kier alpha value is -1.21. The molecule has 0 unspecified atom stereocenters. The highest BCUT2D eigenvalue weighted by Gasteiger charge is 2.19. The Kier molecular flexibility index (Phi) is 8.22. The van der Waals surface area contributed by atoms with Crippen LogP contribution < -0.4 is 10.1 Å². The van der Waals surface area contributed by atoms with Gasteiger partial charge in [0.1, 0.15) is 11.8 Å². The fourth-order valence-electron chi connectivity index (χ4n) is 1.55. The van der Waals surface area contributed by atoms with E-state index in [0.717, 1.165) is 4.47 Å². The molecular formula is C14H18BrNO4S. The number of benzene rings is 1. The van der Waals surface area contributed by atoms with Crippen molar-refractivity contribution >= 4 is 39.6 Å². The minimum Gasteiger partial charge on any atom is -0.493 e. The smallest absolute Gasteiger partial charge is 0.326 e. The number of aliphatic carboxylic acids is 1. The fraction of sp³-hybridized carbons (Fsp3) is 0.429. The Bertz CT molecular complexity index is 467. The number of carboxylic acids is 1. The van der Waals surface area contributed by atoms with Crippen LogP contribution in [-0.2, 0) is 9.59 Å². The molecule has 5 nitrogen and oxygen atoms in total. The molecule has 0 radical (unpaired) electrons. The zero-order valence-electron chi connectivity index (χ0n) is 11.7. The zero-order chi connectivity index (χ0) is 15.7. The van der Waals surface area contributed by atoms with Gasteiger partial charge in [0, 0.05) is 4.47 Å². The third-order valence-corrected chi connectivity index (χ3v) is 3.83. The molecule has 7 heteroatoms. The summed E-state index contributed by atoms with van der Waals surface area (Å²) in [6.45, 7) is 0.211. The average molecular weight is 376 g/mol. The second-order valence-electron chi connectivity index (χ2n) is 4.29. The van der Waals surface area contributed by atoms with Crippen molar-refractivity contribution in [3.05, 3.63) is 28.7 Å². The lowest BCUT2D eigenvalue weighted by Gasteiger charge is -2.14. The molecule has 1 aromatic carbocycles. The number of ether oxygens (including phenoxy) is 1. The maximum atomic E-state index is 11.7. The maximum Gasteiger partial charge on any atom is 0.326 e. The number of thioether (sulfide) groups is 1. The molecule has 0 aliphatic heterocycles. The summed E-state index contributed by atoms with van der Waals surface area (Å²) < 4.78 is 6.37. The molecular weight excluding hydrogens is 358 g/mol. The molecule has 0 saturated carbocycles. The number of hydrogen-bond donors (Lipinski definition) is 2. The van der Waals surface area contributed by atoms with Gasteiger partial charge in [0.05, 0.1) is 13.0 Å². The number of nitrogens with one attached hydrogen (secondary N) is 1. The first kappa shape index (κ1) is 17.8. The topological polar surface area (TPSA) is 75.6 Å². The molecule has 0 spiro atoms. The number of carbonyl (C=O) groups is 2. The summed E-state index contributed by atoms with van der Waals surface area (Å²) >= 11 is 4.87. The van der Waals surface area contributed by atoms with E-state index >= 15 is 0 Å². The van der Waals surface area contributed by atoms with E-state index in [1.165, 1.54) is 0 Å². The first-order valence-corrected chi connectivity index (χ1v) is 8.61. The van der Waals surface area contributed by atoms with Crippen LogP contribution in [0.4, 0.5) is 0 Å². The molecule has 0 aromatic heterocycles. The van der Waals surface area contributed by atoms with Crippen molar-refractivity contribution in [2.75, 3.05) is 18.6 Å². The van der Waals surface area contributed by atoms with E-state index in [1.807, 2.05) is 18.4 Å². The molecule has 21 heavy (non-hydrogen) atoms. The van der Waals surface area contributed by atoms with Crippen molar-refractivity contribution in [1.29, 1.82) is 0 Å². The second-order valence-corrected chi connectivity index (χ2v) is 6.19. The van der Waals surface area contributed by atoms with Gasteiger partial charge in [0.2, 0.25) is 5.91 Å². The third-order valence-electron chi connectivity index (χ3n) is 2.66. The Morgan fingerprint density at radius 2 is 2.05 bits per heavy atom. The molecule has 0 aliphatic carbocycles. The molecule has 116 valence electrons. The lowest BCUT2D eigenvalue weighted by molar-refractivity contribution is -0.141. The number of halogens is 1. The van der Waals surface area contributed by atoms with Crippen molar-refractivity contribution in [3.63, 3.8) is 0 Å². The summed E-state index contributed by atoms with van der Waals surface area (Å²) in [5.74, 6) is 0.0297. The highest BCUT2D eigenvalue weighted by atomic mass is 79.9. The average Bonchev–Trinajstić information content (AvgIpc) is 2.45. The van der Waals surface area contributed by atoms with Gasteiger partial charge in [0.25, 0.3) is 0 Å². The van der Waals surface area contributed by atoms with Gasteiger partial charge < -0.3 is 15.2 Å². The first-order chi connectivity index (χ1) is 10.0. The lowest BCUT2D eigenvalue weighted by atomic mass is 10.2. The van der Waals surface area contributed by atoms with Gasteiger partial charge in [0.15, 0.2) is 0 Å². The Morgan fingerprint density at radius 1 is 1.38 bits per heavy atom. The standard InChI is InChI=1S/C14H18BrNO4S/c1-21-9-7-12(14(18)19)16-13(17)6-8-20-11-4-2-10(15)3-5-11/h2-5,12H,6-9H2,1H3,(H,16,17)(H,18,19)/t12-/m1/s1. The van der Waals surface area contributed by atoms with Crippen molar-refractivity contribution < 1.29 is 19.4 Å². The largest absolute Gasteiger partial charge is 0.493 e. The number of carboxylic acid groups (broad SMARTS) is 1. The van der Waals surface area contributed by atoms with Crippen LogP contribution in [0.2, 0.25) is 0 Å². The fourth-order valence-corrected chi connectivity index (χ4v) is 2.29. The third kappa shape index (κ3) is 7.38. The molecule has 1 rings (SSSR count). The van der Waals surface area contributed by atoms with Crippen LogP contribution in [0.5, 0.6) is 5.75 Å². The van der Waals surface area contributed by atoms with Crippen LogP contribution in [0.3, 0.4) is 0 Å². The van der Waals surface area contributed by atoms with Crippen LogP contribution in [0, 0.1) is 0 Å². The molecule has 0 bridgehead atoms. The van der Waals surface area contributed by atoms with Crippen molar-refractivity contribution in [2.24, 2.45) is 0 Å². The monoisotopic (exact) mass is 375 g/mol. The lowest BCUT2D eigenvalue weighted by Crippen LogP contribution is -2.41. The normalized spacial score (nSPS) is 11.7. The minimum atomic E-state index is -1.01. The maximum absolute atomic E-state index is 11.7. The van der Waals surface area contributed by atoms with Crippen LogP contribution in [0.25, 0.3) is 0 Å². The molecule has 1 amide bonds. The summed E-state index contributed by atoms with van der Waals surface area (Å²) in [5, 5.41) is 11.5. The van der Waals surface area contributed by atoms with E-state index in [-0.39, 0.29) is 18.9 Å². The van der Waals surface area contributed by atoms with E-state index < -0.39 is 12.0 Å². The van der Waals surface area contributed by atoms with Gasteiger partial charge in [-0.3, -0.25) is 4.79 Å². The highest BCUT2D eigenvalue weighted by Crippen LogP contribution is 2.16. The van der Waals surface area contributed by atoms with E-state index in [4.69, 9.17) is 9.84 Å². The zero-order valence-corrected chi connectivity index (χ0v) is 14.1. The van der Waals surface area contributed by atoms with Crippen molar-refractivity contribution in [3.8, 4) is 5.75 Å². The van der Waals surface area contributed by atoms with Crippen LogP contribution in [0.15, 0.2) is 28.7 Å². The Balaban J connectivity index is 2.32. The number of hydrogen-bond acceptors (Lipinski definition) is 4. The molecule has 2 N–H and O–H groups in total. The number of carbonyl (C=O) groups excluding carboxylic acids is 1. The van der Waals surface area contributed by atoms with Gasteiger partial charge in [-0.25, -0.2) is 4.79 Å². The summed E-state index contributed by atoms with van der Waals surface area (Å²) in [4.78, 5) is 22.7. The van der Waals surface area contributed by atoms with Crippen LogP contribution in [0.1, 0.15) is 12.8 Å². The second kappa shape index (κ2) is 9.68. The van der Waals surface area contributed by atoms with Crippen molar-refractivity contribution in [2.45, 2.75) is 18.9 Å². The quantitative estimate of drug-likeness (QED) is 0.693. The van der Waals surface area contributed by atoms with E-state index in [1.54, 1.807) is 23.9 Å². The molecule has 1 atom stereocenters. The SMILES string of the molecule is CSCC[C@@H](NC(=O)CCOc1ccc(Br)cc1)C(=O)O. The summed E-state index contributed by atoms with van der Waals surface area (Å²) in [6.07, 6.45) is 2.43. The van der Waals surface area contributed by atoms with Crippen LogP contribution >= 0.6 is 27.7 Å². The Labute approximate surface area is 136 Å². The summed E-state index contributed by atoms with van der Waals surface area (Å²) in [6, 6.07) is 6.44. The van der Waals surface area contributed by atoms with Gasteiger partial charge in [-0.15, -0.1) is 0 Å². The van der Waals surface area contributed by atoms with Crippen LogP contribution in [-0.4, -0.2) is 41.6 Å². The molecule has 0 heterocycles. The summed E-state index contributed by atoms with van der Waals surface area (Å²) in [7, 11) is 0. The van der Waals surface area contributed by atoms with Gasteiger partial charge >= 0.3 is 5.97 Å². The van der Waals surface area contributed by atoms with Gasteiger partial charge in [-0.1, -0.05) is 15.9 Å². The van der Waals surface area contributed by atoms with Gasteiger partial charge in [-0.05, 0) is 42.7 Å². The minimum absolute atomic E-state index is 0.124. The van der Waals surface area contributed by atoms with E-state index in [9.17, 15) is 9.59 Å². The molecule has 1 aromatic rings. The predicted octanol–water partition coefficient (Wildman–Crippen LogP) is 2.54. The predicted molar refractivity (Wildman–Crippen MR) is 86.8 cm³/mol. The van der Waals surface area contributed by atoms with Crippen molar-refractivity contribution in [1.82, 2.24) is 5.32 Å². The van der Waals surface area contributed by atoms with Gasteiger partial charge in [-0.2, -0.15) is 11.8 Å². The highest BCUT2D eigenvalue weighted by molar-refractivity contribution is 9.10. The number of rotatable bonds is 9. The Morgan fingerprint density at radius 3 is 2.62 bits per heavy atom. The molecule has 0 aliphatic rings. The first-order valence-electron chi connectivity index (χ1n) is 6.42. The molecule has 0 fully saturated rings.